The van der Waals surface area contributed by atoms with Crippen LogP contribution < -0.4 is 0 Å². The second kappa shape index (κ2) is 9.13. The maximum atomic E-state index is 12.9. The first-order valence-corrected chi connectivity index (χ1v) is 12.6. The van der Waals surface area contributed by atoms with Gasteiger partial charge in [0.25, 0.3) is 5.91 Å². The minimum Gasteiger partial charge on any atom is -0.342 e. The van der Waals surface area contributed by atoms with E-state index in [1.807, 2.05) is 49.9 Å². The third kappa shape index (κ3) is 4.34. The van der Waals surface area contributed by atoms with Gasteiger partial charge in [-0.25, -0.2) is 0 Å². The molecule has 1 aromatic carbocycles. The Kier molecular flexibility index (Phi) is 6.14. The largest absolute Gasteiger partial charge is 0.342 e. The molecule has 5 rings (SSSR count). The fourth-order valence-corrected chi connectivity index (χ4v) is 5.57. The molecule has 0 saturated carbocycles. The van der Waals surface area contributed by atoms with Gasteiger partial charge in [0.05, 0.1) is 12.0 Å². The molecule has 0 bridgehead atoms. The molecule has 3 aliphatic heterocycles. The van der Waals surface area contributed by atoms with Crippen molar-refractivity contribution in [3.05, 3.63) is 57.4 Å². The molecule has 1 saturated heterocycles. The van der Waals surface area contributed by atoms with Crippen LogP contribution in [-0.4, -0.2) is 55.4 Å². The standard InChI is InChI=1S/C25H25ClN6O2S/c1-14-6-7-18(12-20(14)26)31-15(2)10-17(16(31)3)11-19-23(27)32-25(28-24(19)34)35-21(29-32)13-22(33)30-8-4-5-9-30/h6-7,10-12,27H,4-5,8-9,13H2,1-3H3/b19-11+,27-23?. The number of likely N-dealkylation sites (tertiary alicyclic amines) is 1. The van der Waals surface area contributed by atoms with Gasteiger partial charge in [-0.15, -0.1) is 0 Å². The number of nitrogens with one attached hydrogen (secondary N) is 1. The van der Waals surface area contributed by atoms with Gasteiger partial charge in [-0.3, -0.25) is 15.0 Å². The molecule has 1 N–H and O–H groups in total. The van der Waals surface area contributed by atoms with Crippen molar-refractivity contribution in [3.8, 4) is 5.69 Å². The maximum Gasteiger partial charge on any atom is 0.283 e. The van der Waals surface area contributed by atoms with Crippen LogP contribution in [0, 0.1) is 26.2 Å². The Labute approximate surface area is 212 Å². The smallest absolute Gasteiger partial charge is 0.283 e. The summed E-state index contributed by atoms with van der Waals surface area (Å²) >= 11 is 7.52. The van der Waals surface area contributed by atoms with Crippen molar-refractivity contribution in [3.63, 3.8) is 0 Å². The van der Waals surface area contributed by atoms with Crippen molar-refractivity contribution in [2.45, 2.75) is 40.0 Å². The number of aromatic nitrogens is 1. The first kappa shape index (κ1) is 23.6. The summed E-state index contributed by atoms with van der Waals surface area (Å²) in [5.74, 6) is -0.509. The Hall–Kier alpha value is -3.17. The van der Waals surface area contributed by atoms with Crippen LogP contribution in [0.15, 0.2) is 39.9 Å². The molecule has 2 aromatic rings. The number of carbonyl (C=O) groups is 2. The molecular formula is C25H25ClN6O2S. The number of halogens is 1. The van der Waals surface area contributed by atoms with E-state index >= 15 is 0 Å². The highest BCUT2D eigenvalue weighted by Crippen LogP contribution is 2.31. The van der Waals surface area contributed by atoms with E-state index in [4.69, 9.17) is 17.0 Å². The highest BCUT2D eigenvalue weighted by atomic mass is 35.5. The fraction of sp³-hybridized carbons (Fsp3) is 0.320. The lowest BCUT2D eigenvalue weighted by molar-refractivity contribution is -0.128. The van der Waals surface area contributed by atoms with Crippen molar-refractivity contribution in [1.29, 1.82) is 5.41 Å². The third-order valence-electron chi connectivity index (χ3n) is 6.44. The molecule has 4 heterocycles. The van der Waals surface area contributed by atoms with E-state index in [2.05, 4.69) is 14.7 Å². The van der Waals surface area contributed by atoms with Crippen LogP contribution in [0.1, 0.15) is 41.8 Å². The van der Waals surface area contributed by atoms with Gasteiger partial charge in [0, 0.05) is 35.2 Å². The third-order valence-corrected chi connectivity index (χ3v) is 7.76. The van der Waals surface area contributed by atoms with E-state index in [9.17, 15) is 9.59 Å². The van der Waals surface area contributed by atoms with Crippen molar-refractivity contribution < 1.29 is 9.59 Å². The lowest BCUT2D eigenvalue weighted by Crippen LogP contribution is -2.35. The SMILES string of the molecule is Cc1ccc(-n2c(C)cc(/C=C3\C(=N)N4N=C(CC(=O)N5CCCC5)SC4=NC3=O)c2C)cc1Cl. The van der Waals surface area contributed by atoms with E-state index < -0.39 is 5.91 Å². The molecule has 1 aromatic heterocycles. The van der Waals surface area contributed by atoms with Gasteiger partial charge in [-0.05, 0) is 80.8 Å². The quantitative estimate of drug-likeness (QED) is 0.606. The van der Waals surface area contributed by atoms with Crippen LogP contribution in [0.4, 0.5) is 0 Å². The molecule has 10 heteroatoms. The van der Waals surface area contributed by atoms with Gasteiger partial charge in [0.1, 0.15) is 5.04 Å². The number of benzene rings is 1. The summed E-state index contributed by atoms with van der Waals surface area (Å²) in [6.45, 7) is 7.45. The first-order valence-electron chi connectivity index (χ1n) is 11.5. The Morgan fingerprint density at radius 2 is 1.94 bits per heavy atom. The van der Waals surface area contributed by atoms with E-state index in [1.165, 1.54) is 16.8 Å². The van der Waals surface area contributed by atoms with Crippen molar-refractivity contribution >= 4 is 57.3 Å². The molecule has 35 heavy (non-hydrogen) atoms. The highest BCUT2D eigenvalue weighted by Gasteiger charge is 2.36. The summed E-state index contributed by atoms with van der Waals surface area (Å²) in [4.78, 5) is 31.4. The van der Waals surface area contributed by atoms with Crippen LogP contribution >= 0.6 is 23.4 Å². The summed E-state index contributed by atoms with van der Waals surface area (Å²) < 4.78 is 2.06. The summed E-state index contributed by atoms with van der Waals surface area (Å²) in [6, 6.07) is 7.86. The highest BCUT2D eigenvalue weighted by molar-refractivity contribution is 8.27. The number of fused-ring (bicyclic) bond motifs is 1. The summed E-state index contributed by atoms with van der Waals surface area (Å²) in [6.07, 6.45) is 3.89. The Balaban J connectivity index is 1.42. The first-order chi connectivity index (χ1) is 16.7. The van der Waals surface area contributed by atoms with Gasteiger partial charge >= 0.3 is 0 Å². The fourth-order valence-electron chi connectivity index (χ4n) is 4.52. The van der Waals surface area contributed by atoms with Gasteiger partial charge in [-0.2, -0.15) is 15.1 Å². The normalized spacial score (nSPS) is 18.9. The number of aryl methyl sites for hydroxylation is 2. The minimum absolute atomic E-state index is 0.0199. The summed E-state index contributed by atoms with van der Waals surface area (Å²) in [5.41, 5.74) is 4.80. The number of nitrogens with zero attached hydrogens (tertiary/aromatic N) is 5. The molecule has 0 aliphatic carbocycles. The number of aliphatic imine (C=N–C) groups is 1. The lowest BCUT2D eigenvalue weighted by atomic mass is 10.1. The van der Waals surface area contributed by atoms with Gasteiger partial charge in [0.15, 0.2) is 5.84 Å². The van der Waals surface area contributed by atoms with E-state index in [0.29, 0.717) is 15.2 Å². The topological polar surface area (TPSA) is 94.1 Å². The van der Waals surface area contributed by atoms with Gasteiger partial charge in [-0.1, -0.05) is 17.7 Å². The average molecular weight is 509 g/mol. The van der Waals surface area contributed by atoms with Crippen LogP contribution in [0.2, 0.25) is 5.02 Å². The average Bonchev–Trinajstić information content (AvgIpc) is 3.53. The molecule has 0 radical (unpaired) electrons. The number of hydrazone groups is 1. The molecule has 2 amide bonds. The Bertz CT molecular complexity index is 1370. The number of carbonyl (C=O) groups excluding carboxylic acids is 2. The van der Waals surface area contributed by atoms with Crippen molar-refractivity contribution in [1.82, 2.24) is 14.5 Å². The summed E-state index contributed by atoms with van der Waals surface area (Å²) in [5, 5.41) is 16.0. The van der Waals surface area contributed by atoms with Crippen molar-refractivity contribution in [2.24, 2.45) is 10.1 Å². The molecule has 8 nitrogen and oxygen atoms in total. The number of hydrogen-bond donors (Lipinski definition) is 1. The zero-order valence-electron chi connectivity index (χ0n) is 19.8. The number of amides is 2. The molecule has 0 atom stereocenters. The van der Waals surface area contributed by atoms with E-state index in [-0.39, 0.29) is 23.7 Å². The maximum absolute atomic E-state index is 12.9. The Morgan fingerprint density at radius 3 is 2.66 bits per heavy atom. The second-order valence-corrected chi connectivity index (χ2v) is 10.3. The summed E-state index contributed by atoms with van der Waals surface area (Å²) in [7, 11) is 0. The number of rotatable bonds is 4. The van der Waals surface area contributed by atoms with Crippen LogP contribution in [0.5, 0.6) is 0 Å². The molecule has 180 valence electrons. The zero-order chi connectivity index (χ0) is 24.9. The minimum atomic E-state index is -0.487. The monoisotopic (exact) mass is 508 g/mol. The molecule has 0 spiro atoms. The molecular weight excluding hydrogens is 484 g/mol. The van der Waals surface area contributed by atoms with Gasteiger partial charge in [0.2, 0.25) is 11.1 Å². The zero-order valence-corrected chi connectivity index (χ0v) is 21.3. The van der Waals surface area contributed by atoms with Crippen LogP contribution in [0.25, 0.3) is 11.8 Å². The molecule has 1 fully saturated rings. The van der Waals surface area contributed by atoms with Crippen molar-refractivity contribution in [2.75, 3.05) is 13.1 Å². The second-order valence-electron chi connectivity index (χ2n) is 8.87. The van der Waals surface area contributed by atoms with E-state index in [0.717, 1.165) is 54.1 Å². The van der Waals surface area contributed by atoms with E-state index in [1.54, 1.807) is 6.08 Å². The molecule has 3 aliphatic rings. The number of amidine groups is 2. The lowest BCUT2D eigenvalue weighted by Gasteiger charge is -2.20. The van der Waals surface area contributed by atoms with Gasteiger partial charge < -0.3 is 9.47 Å². The number of thioether (sulfide) groups is 1. The predicted molar refractivity (Wildman–Crippen MR) is 140 cm³/mol. The Morgan fingerprint density at radius 1 is 1.20 bits per heavy atom. The van der Waals surface area contributed by atoms with Crippen LogP contribution in [0.3, 0.4) is 0 Å². The number of hydrogen-bond acceptors (Lipinski definition) is 5. The van der Waals surface area contributed by atoms with Crippen LogP contribution in [-0.2, 0) is 9.59 Å². The predicted octanol–water partition coefficient (Wildman–Crippen LogP) is 4.69. The molecule has 0 unspecified atom stereocenters.